The van der Waals surface area contributed by atoms with Crippen molar-refractivity contribution in [3.63, 3.8) is 0 Å². The highest BCUT2D eigenvalue weighted by atomic mass is 127. The van der Waals surface area contributed by atoms with Gasteiger partial charge >= 0.3 is 0 Å². The Morgan fingerprint density at radius 3 is 2.83 bits per heavy atom. The lowest BCUT2D eigenvalue weighted by Gasteiger charge is -2.10. The minimum atomic E-state index is 0.412. The second kappa shape index (κ2) is 5.18. The molecule has 0 saturated carbocycles. The maximum absolute atomic E-state index is 8.83. The van der Waals surface area contributed by atoms with E-state index >= 15 is 0 Å². The minimum absolute atomic E-state index is 0.412. The fourth-order valence-corrected chi connectivity index (χ4v) is 2.14. The van der Waals surface area contributed by atoms with Crippen LogP contribution in [0.5, 0.6) is 11.6 Å². The lowest BCUT2D eigenvalue weighted by atomic mass is 10.2. The van der Waals surface area contributed by atoms with Gasteiger partial charge in [0, 0.05) is 12.3 Å². The fourth-order valence-electron chi connectivity index (χ4n) is 1.38. The first-order chi connectivity index (χ1) is 8.60. The first-order valence-electron chi connectivity index (χ1n) is 5.07. The maximum atomic E-state index is 8.83. The van der Waals surface area contributed by atoms with E-state index < -0.39 is 0 Å². The van der Waals surface area contributed by atoms with Crippen LogP contribution in [0.15, 0.2) is 24.4 Å². The number of nitrogen functional groups attached to an aromatic ring is 1. The van der Waals surface area contributed by atoms with E-state index in [-0.39, 0.29) is 0 Å². The zero-order valence-electron chi connectivity index (χ0n) is 9.51. The SMILES string of the molecule is Cc1nccc(Oc2c(N)cc(C#N)cc2I)n1. The van der Waals surface area contributed by atoms with Crippen molar-refractivity contribution in [2.24, 2.45) is 0 Å². The van der Waals surface area contributed by atoms with Crippen LogP contribution in [0.2, 0.25) is 0 Å². The quantitative estimate of drug-likeness (QED) is 0.664. The van der Waals surface area contributed by atoms with Crippen molar-refractivity contribution in [3.8, 4) is 17.7 Å². The summed E-state index contributed by atoms with van der Waals surface area (Å²) in [6.07, 6.45) is 1.62. The maximum Gasteiger partial charge on any atom is 0.222 e. The topological polar surface area (TPSA) is 84.8 Å². The average Bonchev–Trinajstić information content (AvgIpc) is 2.33. The monoisotopic (exact) mass is 352 g/mol. The Hall–Kier alpha value is -1.88. The third kappa shape index (κ3) is 2.68. The molecule has 1 heterocycles. The molecule has 0 saturated heterocycles. The number of hydrogen-bond acceptors (Lipinski definition) is 5. The van der Waals surface area contributed by atoms with E-state index in [0.29, 0.717) is 28.7 Å². The molecule has 0 aliphatic heterocycles. The molecule has 0 atom stereocenters. The van der Waals surface area contributed by atoms with Crippen molar-refractivity contribution in [3.05, 3.63) is 39.4 Å². The van der Waals surface area contributed by atoms with Crippen LogP contribution in [-0.2, 0) is 0 Å². The average molecular weight is 352 g/mol. The second-order valence-electron chi connectivity index (χ2n) is 3.53. The largest absolute Gasteiger partial charge is 0.436 e. The highest BCUT2D eigenvalue weighted by molar-refractivity contribution is 14.1. The summed E-state index contributed by atoms with van der Waals surface area (Å²) >= 11 is 2.07. The Kier molecular flexibility index (Phi) is 3.62. The molecule has 6 heteroatoms. The van der Waals surface area contributed by atoms with E-state index in [1.165, 1.54) is 0 Å². The molecule has 0 unspecified atom stereocenters. The highest BCUT2D eigenvalue weighted by Gasteiger charge is 2.10. The molecule has 2 N–H and O–H groups in total. The third-order valence-electron chi connectivity index (χ3n) is 2.16. The zero-order chi connectivity index (χ0) is 13.1. The zero-order valence-corrected chi connectivity index (χ0v) is 11.7. The number of halogens is 1. The molecular weight excluding hydrogens is 343 g/mol. The summed E-state index contributed by atoms with van der Waals surface area (Å²) in [4.78, 5) is 8.12. The summed E-state index contributed by atoms with van der Waals surface area (Å²) in [5.74, 6) is 1.55. The normalized spacial score (nSPS) is 9.83. The summed E-state index contributed by atoms with van der Waals surface area (Å²) in [6, 6.07) is 6.98. The summed E-state index contributed by atoms with van der Waals surface area (Å²) in [7, 11) is 0. The van der Waals surface area contributed by atoms with Gasteiger partial charge in [-0.15, -0.1) is 0 Å². The van der Waals surface area contributed by atoms with E-state index in [9.17, 15) is 0 Å². The molecule has 0 radical (unpaired) electrons. The number of nitrogens with two attached hydrogens (primary N) is 1. The summed E-state index contributed by atoms with van der Waals surface area (Å²) in [5.41, 5.74) is 6.77. The number of rotatable bonds is 2. The number of aromatic nitrogens is 2. The van der Waals surface area contributed by atoms with Crippen LogP contribution in [0.4, 0.5) is 5.69 Å². The predicted molar refractivity (Wildman–Crippen MR) is 75.1 cm³/mol. The van der Waals surface area contributed by atoms with Gasteiger partial charge in [-0.3, -0.25) is 0 Å². The van der Waals surface area contributed by atoms with Crippen molar-refractivity contribution in [1.82, 2.24) is 9.97 Å². The molecule has 0 bridgehead atoms. The molecule has 5 nitrogen and oxygen atoms in total. The molecule has 1 aromatic carbocycles. The number of nitrogens with zero attached hydrogens (tertiary/aromatic N) is 3. The number of anilines is 1. The first kappa shape index (κ1) is 12.6. The van der Waals surface area contributed by atoms with Gasteiger partial charge in [0.25, 0.3) is 0 Å². The first-order valence-corrected chi connectivity index (χ1v) is 6.14. The predicted octanol–water partition coefficient (Wildman–Crippen LogP) is 2.64. The standard InChI is InChI=1S/C12H9IN4O/c1-7-16-3-2-11(17-7)18-12-9(13)4-8(6-14)5-10(12)15/h2-5H,15H2,1H3. The Labute approximate surface area is 118 Å². The molecule has 0 spiro atoms. The van der Waals surface area contributed by atoms with E-state index in [0.717, 1.165) is 3.57 Å². The summed E-state index contributed by atoms with van der Waals surface area (Å²) < 4.78 is 6.39. The Balaban J connectivity index is 2.38. The third-order valence-corrected chi connectivity index (χ3v) is 2.96. The number of aryl methyl sites for hydroxylation is 1. The number of nitriles is 1. The van der Waals surface area contributed by atoms with Crippen LogP contribution in [-0.4, -0.2) is 9.97 Å². The van der Waals surface area contributed by atoms with Crippen molar-refractivity contribution in [2.45, 2.75) is 6.92 Å². The van der Waals surface area contributed by atoms with Crippen molar-refractivity contribution < 1.29 is 4.74 Å². The van der Waals surface area contributed by atoms with Crippen LogP contribution in [0.1, 0.15) is 11.4 Å². The van der Waals surface area contributed by atoms with Crippen molar-refractivity contribution in [2.75, 3.05) is 5.73 Å². The molecule has 90 valence electrons. The van der Waals surface area contributed by atoms with Crippen LogP contribution in [0.25, 0.3) is 0 Å². The van der Waals surface area contributed by atoms with Gasteiger partial charge in [0.05, 0.1) is 20.9 Å². The lowest BCUT2D eigenvalue weighted by molar-refractivity contribution is 0.459. The van der Waals surface area contributed by atoms with E-state index in [1.807, 2.05) is 6.07 Å². The Bertz CT molecular complexity index is 613. The van der Waals surface area contributed by atoms with Crippen LogP contribution in [0, 0.1) is 21.8 Å². The number of hydrogen-bond donors (Lipinski definition) is 1. The molecule has 2 rings (SSSR count). The molecule has 18 heavy (non-hydrogen) atoms. The molecule has 0 aliphatic rings. The van der Waals surface area contributed by atoms with E-state index in [4.69, 9.17) is 15.7 Å². The fraction of sp³-hybridized carbons (Fsp3) is 0.0833. The molecule has 1 aromatic heterocycles. The number of benzene rings is 1. The van der Waals surface area contributed by atoms with Gasteiger partial charge in [-0.25, -0.2) is 4.98 Å². The van der Waals surface area contributed by atoms with Crippen LogP contribution in [0.3, 0.4) is 0 Å². The lowest BCUT2D eigenvalue weighted by Crippen LogP contribution is -1.98. The second-order valence-corrected chi connectivity index (χ2v) is 4.69. The van der Waals surface area contributed by atoms with Gasteiger partial charge in [-0.05, 0) is 41.6 Å². The molecule has 0 fully saturated rings. The smallest absolute Gasteiger partial charge is 0.222 e. The van der Waals surface area contributed by atoms with Gasteiger partial charge < -0.3 is 10.5 Å². The van der Waals surface area contributed by atoms with Gasteiger partial charge in [-0.1, -0.05) is 0 Å². The molecule has 0 aliphatic carbocycles. The summed E-state index contributed by atoms with van der Waals surface area (Å²) in [5, 5.41) is 8.83. The van der Waals surface area contributed by atoms with Crippen molar-refractivity contribution >= 4 is 28.3 Å². The van der Waals surface area contributed by atoms with Gasteiger partial charge in [0.1, 0.15) is 5.82 Å². The van der Waals surface area contributed by atoms with Gasteiger partial charge in [0.15, 0.2) is 5.75 Å². The van der Waals surface area contributed by atoms with E-state index in [1.54, 1.807) is 31.3 Å². The minimum Gasteiger partial charge on any atom is -0.436 e. The van der Waals surface area contributed by atoms with Crippen molar-refractivity contribution in [1.29, 1.82) is 5.26 Å². The van der Waals surface area contributed by atoms with Gasteiger partial charge in [-0.2, -0.15) is 10.2 Å². The van der Waals surface area contributed by atoms with Crippen LogP contribution >= 0.6 is 22.6 Å². The number of ether oxygens (including phenoxy) is 1. The van der Waals surface area contributed by atoms with Crippen LogP contribution < -0.4 is 10.5 Å². The Morgan fingerprint density at radius 1 is 1.44 bits per heavy atom. The molecule has 0 amide bonds. The Morgan fingerprint density at radius 2 is 2.22 bits per heavy atom. The molecular formula is C12H9IN4O. The highest BCUT2D eigenvalue weighted by Crippen LogP contribution is 2.32. The van der Waals surface area contributed by atoms with E-state index in [2.05, 4.69) is 32.6 Å². The molecule has 2 aromatic rings. The summed E-state index contributed by atoms with van der Waals surface area (Å²) in [6.45, 7) is 1.78. The van der Waals surface area contributed by atoms with Gasteiger partial charge in [0.2, 0.25) is 5.88 Å².